The minimum Gasteiger partial charge on any atom is -0.466 e. The Bertz CT molecular complexity index is 121. The van der Waals surface area contributed by atoms with Gasteiger partial charge in [-0.05, 0) is 6.92 Å². The number of hydrogen-bond acceptors (Lipinski definition) is 2. The summed E-state index contributed by atoms with van der Waals surface area (Å²) in [6, 6.07) is 0. The molecule has 0 N–H and O–H groups in total. The van der Waals surface area contributed by atoms with Crippen LogP contribution in [0.4, 0.5) is 0 Å². The van der Waals surface area contributed by atoms with Crippen molar-refractivity contribution in [1.29, 1.82) is 0 Å². The lowest BCUT2D eigenvalue weighted by Crippen LogP contribution is -2.01. The summed E-state index contributed by atoms with van der Waals surface area (Å²) in [5, 5.41) is 0. The van der Waals surface area contributed by atoms with Crippen molar-refractivity contribution < 1.29 is 9.53 Å². The molecule has 0 radical (unpaired) electrons. The Morgan fingerprint density at radius 2 is 2.30 bits per heavy atom. The molecule has 0 fully saturated rings. The zero-order valence-corrected chi connectivity index (χ0v) is 6.73. The molecule has 0 amide bonds. The quantitative estimate of drug-likeness (QED) is 0.358. The largest absolute Gasteiger partial charge is 0.466 e. The number of carbonyl (C=O) groups excluding carboxylic acids is 1. The number of ether oxygens (including phenoxy) is 1. The third-order valence-corrected chi connectivity index (χ3v) is 1.02. The summed E-state index contributed by atoms with van der Waals surface area (Å²) in [4.78, 5) is 10.6. The number of halogens is 1. The van der Waals surface area contributed by atoms with E-state index in [1.54, 1.807) is 19.1 Å². The Kier molecular flexibility index (Phi) is 6.29. The van der Waals surface area contributed by atoms with Crippen molar-refractivity contribution in [1.82, 2.24) is 0 Å². The van der Waals surface area contributed by atoms with Crippen LogP contribution in [0.25, 0.3) is 0 Å². The SMILES string of the molecule is CCOC(=O)C/C=C/CCl. The first kappa shape index (κ1) is 9.50. The van der Waals surface area contributed by atoms with E-state index < -0.39 is 0 Å². The first-order valence-electron chi connectivity index (χ1n) is 3.17. The molecule has 3 heteroatoms. The predicted octanol–water partition coefficient (Wildman–Crippen LogP) is 1.73. The highest BCUT2D eigenvalue weighted by Crippen LogP contribution is 1.88. The third kappa shape index (κ3) is 5.63. The molecule has 0 atom stereocenters. The van der Waals surface area contributed by atoms with Crippen molar-refractivity contribution in [3.8, 4) is 0 Å². The van der Waals surface area contributed by atoms with Crippen LogP contribution in [0.3, 0.4) is 0 Å². The van der Waals surface area contributed by atoms with E-state index in [1.165, 1.54) is 0 Å². The topological polar surface area (TPSA) is 26.3 Å². The standard InChI is InChI=1S/C7H11ClO2/c1-2-10-7(9)5-3-4-6-8/h3-4H,2,5-6H2,1H3/b4-3+. The maximum Gasteiger partial charge on any atom is 0.309 e. The Hall–Kier alpha value is -0.500. The summed E-state index contributed by atoms with van der Waals surface area (Å²) in [7, 11) is 0. The van der Waals surface area contributed by atoms with Crippen LogP contribution in [0.2, 0.25) is 0 Å². The minimum absolute atomic E-state index is 0.205. The van der Waals surface area contributed by atoms with Crippen molar-refractivity contribution >= 4 is 17.6 Å². The van der Waals surface area contributed by atoms with Gasteiger partial charge in [-0.1, -0.05) is 12.2 Å². The number of alkyl halides is 1. The van der Waals surface area contributed by atoms with Gasteiger partial charge in [-0.15, -0.1) is 11.6 Å². The smallest absolute Gasteiger partial charge is 0.309 e. The molecule has 0 aromatic heterocycles. The Morgan fingerprint density at radius 1 is 1.60 bits per heavy atom. The summed E-state index contributed by atoms with van der Waals surface area (Å²) in [6.07, 6.45) is 3.74. The van der Waals surface area contributed by atoms with Gasteiger partial charge >= 0.3 is 5.97 Å². The number of esters is 1. The second-order valence-corrected chi connectivity index (χ2v) is 1.94. The van der Waals surface area contributed by atoms with Gasteiger partial charge in [0.2, 0.25) is 0 Å². The van der Waals surface area contributed by atoms with Crippen molar-refractivity contribution in [2.24, 2.45) is 0 Å². The molecule has 0 heterocycles. The van der Waals surface area contributed by atoms with Crippen LogP contribution in [0, 0.1) is 0 Å². The zero-order valence-electron chi connectivity index (χ0n) is 5.97. The first-order valence-corrected chi connectivity index (χ1v) is 3.71. The van der Waals surface area contributed by atoms with E-state index in [-0.39, 0.29) is 5.97 Å². The van der Waals surface area contributed by atoms with Gasteiger partial charge in [-0.3, -0.25) is 4.79 Å². The fourth-order valence-electron chi connectivity index (χ4n) is 0.462. The molecule has 58 valence electrons. The summed E-state index contributed by atoms with van der Waals surface area (Å²) >= 11 is 5.32. The van der Waals surface area contributed by atoms with E-state index in [4.69, 9.17) is 11.6 Å². The fourth-order valence-corrected chi connectivity index (χ4v) is 0.588. The highest BCUT2D eigenvalue weighted by molar-refractivity contribution is 6.18. The maximum absolute atomic E-state index is 10.6. The molecular weight excluding hydrogens is 152 g/mol. The van der Waals surface area contributed by atoms with Crippen molar-refractivity contribution in [3.05, 3.63) is 12.2 Å². The molecule has 0 aliphatic carbocycles. The molecule has 0 spiro atoms. The van der Waals surface area contributed by atoms with Crippen LogP contribution in [-0.4, -0.2) is 18.5 Å². The first-order chi connectivity index (χ1) is 4.81. The lowest BCUT2D eigenvalue weighted by atomic mass is 10.4. The summed E-state index contributed by atoms with van der Waals surface area (Å²) in [5.41, 5.74) is 0. The lowest BCUT2D eigenvalue weighted by Gasteiger charge is -1.95. The lowest BCUT2D eigenvalue weighted by molar-refractivity contribution is -0.142. The number of hydrogen-bond donors (Lipinski definition) is 0. The van der Waals surface area contributed by atoms with E-state index in [0.717, 1.165) is 0 Å². The molecule has 0 aliphatic heterocycles. The highest BCUT2D eigenvalue weighted by atomic mass is 35.5. The predicted molar refractivity (Wildman–Crippen MR) is 41.1 cm³/mol. The number of rotatable bonds is 4. The van der Waals surface area contributed by atoms with Crippen molar-refractivity contribution in [2.75, 3.05) is 12.5 Å². The molecule has 2 nitrogen and oxygen atoms in total. The molecule has 0 aliphatic rings. The molecule has 0 bridgehead atoms. The normalized spacial score (nSPS) is 10.2. The van der Waals surface area contributed by atoms with Crippen molar-refractivity contribution in [3.63, 3.8) is 0 Å². The van der Waals surface area contributed by atoms with Gasteiger partial charge < -0.3 is 4.74 Å². The summed E-state index contributed by atoms with van der Waals surface area (Å²) in [5.74, 6) is 0.239. The van der Waals surface area contributed by atoms with Gasteiger partial charge in [0.05, 0.1) is 13.0 Å². The number of carbonyl (C=O) groups is 1. The second kappa shape index (κ2) is 6.62. The summed E-state index contributed by atoms with van der Waals surface area (Å²) < 4.78 is 4.66. The van der Waals surface area contributed by atoms with E-state index in [1.807, 2.05) is 0 Å². The minimum atomic E-state index is -0.205. The van der Waals surface area contributed by atoms with Gasteiger partial charge in [-0.2, -0.15) is 0 Å². The molecule has 10 heavy (non-hydrogen) atoms. The Labute approximate surface area is 65.8 Å². The molecule has 0 rings (SSSR count). The van der Waals surface area contributed by atoms with Crippen molar-refractivity contribution in [2.45, 2.75) is 13.3 Å². The maximum atomic E-state index is 10.6. The van der Waals surface area contributed by atoms with Crippen LogP contribution in [0.1, 0.15) is 13.3 Å². The van der Waals surface area contributed by atoms with Gasteiger partial charge in [-0.25, -0.2) is 0 Å². The van der Waals surface area contributed by atoms with Gasteiger partial charge in [0.25, 0.3) is 0 Å². The van der Waals surface area contributed by atoms with Crippen LogP contribution in [0.15, 0.2) is 12.2 Å². The average Bonchev–Trinajstić information content (AvgIpc) is 1.89. The molecule has 0 aromatic rings. The molecular formula is C7H11ClO2. The van der Waals surface area contributed by atoms with E-state index in [0.29, 0.717) is 18.9 Å². The average molecular weight is 163 g/mol. The van der Waals surface area contributed by atoms with Gasteiger partial charge in [0.1, 0.15) is 0 Å². The van der Waals surface area contributed by atoms with Crippen LogP contribution >= 0.6 is 11.6 Å². The molecule has 0 aromatic carbocycles. The van der Waals surface area contributed by atoms with Gasteiger partial charge in [0, 0.05) is 5.88 Å². The molecule has 0 saturated heterocycles. The molecule has 0 unspecified atom stereocenters. The zero-order chi connectivity index (χ0) is 7.82. The third-order valence-electron chi connectivity index (χ3n) is 0.846. The highest BCUT2D eigenvalue weighted by Gasteiger charge is 1.94. The monoisotopic (exact) mass is 162 g/mol. The molecule has 0 saturated carbocycles. The number of allylic oxidation sites excluding steroid dienone is 1. The second-order valence-electron chi connectivity index (χ2n) is 1.63. The fraction of sp³-hybridized carbons (Fsp3) is 0.571. The van der Waals surface area contributed by atoms with Gasteiger partial charge in [0.15, 0.2) is 0 Å². The van der Waals surface area contributed by atoms with Crippen LogP contribution in [0.5, 0.6) is 0 Å². The van der Waals surface area contributed by atoms with E-state index in [2.05, 4.69) is 4.74 Å². The van der Waals surface area contributed by atoms with E-state index in [9.17, 15) is 4.79 Å². The Balaban J connectivity index is 3.30. The summed E-state index contributed by atoms with van der Waals surface area (Å²) in [6.45, 7) is 2.22. The van der Waals surface area contributed by atoms with Crippen LogP contribution < -0.4 is 0 Å². The Morgan fingerprint density at radius 3 is 2.80 bits per heavy atom. The van der Waals surface area contributed by atoms with Crippen LogP contribution in [-0.2, 0) is 9.53 Å². The van der Waals surface area contributed by atoms with E-state index >= 15 is 0 Å².